The molecule has 0 saturated carbocycles. The summed E-state index contributed by atoms with van der Waals surface area (Å²) in [6.45, 7) is 6.28. The van der Waals surface area contributed by atoms with Gasteiger partial charge in [-0.2, -0.15) is 0 Å². The Bertz CT molecular complexity index is 778. The number of hydrogen-bond donors (Lipinski definition) is 1. The summed E-state index contributed by atoms with van der Waals surface area (Å²) in [6.07, 6.45) is 3.26. The number of carbonyl (C=O) groups is 1. The van der Waals surface area contributed by atoms with Crippen LogP contribution in [-0.4, -0.2) is 48.9 Å². The van der Waals surface area contributed by atoms with Crippen molar-refractivity contribution in [1.29, 1.82) is 0 Å². The first kappa shape index (κ1) is 24.5. The van der Waals surface area contributed by atoms with Crippen LogP contribution in [0, 0.1) is 0 Å². The minimum atomic E-state index is -0.333. The van der Waals surface area contributed by atoms with E-state index in [1.807, 2.05) is 43.3 Å². The summed E-state index contributed by atoms with van der Waals surface area (Å²) >= 11 is 0. The molecule has 0 aromatic heterocycles. The maximum Gasteiger partial charge on any atom is 0.323 e. The molecule has 0 spiro atoms. The molecule has 2 aromatic rings. The van der Waals surface area contributed by atoms with Crippen LogP contribution in [-0.2, 0) is 16.1 Å². The summed E-state index contributed by atoms with van der Waals surface area (Å²) in [4.78, 5) is 14.8. The van der Waals surface area contributed by atoms with Gasteiger partial charge in [-0.1, -0.05) is 32.4 Å². The maximum atomic E-state index is 12.7. The maximum absolute atomic E-state index is 12.7. The van der Waals surface area contributed by atoms with Gasteiger partial charge in [-0.05, 0) is 61.2 Å². The Labute approximate surface area is 185 Å². The van der Waals surface area contributed by atoms with Crippen LogP contribution in [0.4, 0.5) is 0 Å². The first-order chi connectivity index (χ1) is 15.1. The van der Waals surface area contributed by atoms with Crippen molar-refractivity contribution in [3.63, 3.8) is 0 Å². The molecule has 6 nitrogen and oxygen atoms in total. The number of ether oxygens (including phenoxy) is 3. The minimum absolute atomic E-state index is 0.188. The molecule has 0 heterocycles. The number of phenols is 1. The fraction of sp³-hybridized carbons (Fsp3) is 0.480. The number of esters is 1. The molecule has 1 atom stereocenters. The molecule has 0 radical (unpaired) electrons. The number of benzene rings is 2. The van der Waals surface area contributed by atoms with Gasteiger partial charge in [0.15, 0.2) is 0 Å². The van der Waals surface area contributed by atoms with Crippen molar-refractivity contribution in [2.75, 3.05) is 26.9 Å². The Morgan fingerprint density at radius 1 is 1.03 bits per heavy atom. The summed E-state index contributed by atoms with van der Waals surface area (Å²) in [5.41, 5.74) is 0.955. The molecule has 31 heavy (non-hydrogen) atoms. The van der Waals surface area contributed by atoms with Crippen LogP contribution >= 0.6 is 0 Å². The van der Waals surface area contributed by atoms with E-state index in [2.05, 4.69) is 11.8 Å². The minimum Gasteiger partial charge on any atom is -0.508 e. The molecule has 2 aromatic carbocycles. The van der Waals surface area contributed by atoms with Crippen LogP contribution in [0.1, 0.15) is 45.1 Å². The van der Waals surface area contributed by atoms with E-state index in [1.165, 1.54) is 0 Å². The average Bonchev–Trinajstić information content (AvgIpc) is 2.77. The molecule has 1 N–H and O–H groups in total. The Morgan fingerprint density at radius 2 is 1.77 bits per heavy atom. The molecule has 0 aliphatic carbocycles. The van der Waals surface area contributed by atoms with Gasteiger partial charge in [-0.25, -0.2) is 0 Å². The van der Waals surface area contributed by atoms with Crippen LogP contribution in [0.3, 0.4) is 0 Å². The quantitative estimate of drug-likeness (QED) is 0.344. The van der Waals surface area contributed by atoms with Crippen molar-refractivity contribution in [3.8, 4) is 17.2 Å². The van der Waals surface area contributed by atoms with Gasteiger partial charge in [0.05, 0.1) is 20.3 Å². The van der Waals surface area contributed by atoms with Crippen LogP contribution in [0.15, 0.2) is 48.5 Å². The lowest BCUT2D eigenvalue weighted by Crippen LogP contribution is -2.42. The molecule has 0 fully saturated rings. The molecule has 6 heteroatoms. The monoisotopic (exact) mass is 429 g/mol. The summed E-state index contributed by atoms with van der Waals surface area (Å²) < 4.78 is 16.5. The molecular formula is C25H35NO5. The van der Waals surface area contributed by atoms with Gasteiger partial charge in [0, 0.05) is 13.1 Å². The molecule has 0 bridgehead atoms. The van der Waals surface area contributed by atoms with Gasteiger partial charge >= 0.3 is 5.97 Å². The van der Waals surface area contributed by atoms with Crippen LogP contribution in [0.25, 0.3) is 0 Å². The van der Waals surface area contributed by atoms with Gasteiger partial charge in [0.2, 0.25) is 0 Å². The number of phenolic OH excluding ortho intramolecular Hbond substituents is 1. The highest BCUT2D eigenvalue weighted by Crippen LogP contribution is 2.19. The van der Waals surface area contributed by atoms with Crippen molar-refractivity contribution in [2.24, 2.45) is 0 Å². The van der Waals surface area contributed by atoms with Gasteiger partial charge in [-0.15, -0.1) is 0 Å². The van der Waals surface area contributed by atoms with E-state index in [9.17, 15) is 9.90 Å². The molecule has 0 aliphatic heterocycles. The molecule has 170 valence electrons. The Morgan fingerprint density at radius 3 is 2.42 bits per heavy atom. The number of unbranched alkanes of at least 4 members (excludes halogenated alkanes) is 1. The second-order valence-electron chi connectivity index (χ2n) is 7.46. The number of carbonyl (C=O) groups excluding carboxylic acids is 1. The molecule has 0 aliphatic rings. The number of nitrogens with zero attached hydrogens (tertiary/aromatic N) is 1. The summed E-state index contributed by atoms with van der Waals surface area (Å²) in [5.74, 6) is 1.61. The number of aromatic hydroxyl groups is 1. The topological polar surface area (TPSA) is 68.2 Å². The van der Waals surface area contributed by atoms with Gasteiger partial charge in [0.1, 0.15) is 23.3 Å². The normalized spacial score (nSPS) is 11.9. The van der Waals surface area contributed by atoms with Gasteiger partial charge in [0.25, 0.3) is 0 Å². The molecule has 0 amide bonds. The van der Waals surface area contributed by atoms with Crippen LogP contribution in [0.5, 0.6) is 17.2 Å². The Hall–Kier alpha value is -2.73. The zero-order valence-corrected chi connectivity index (χ0v) is 18.9. The lowest BCUT2D eigenvalue weighted by molar-refractivity contribution is -0.150. The molecule has 2 rings (SSSR count). The third kappa shape index (κ3) is 8.50. The predicted octanol–water partition coefficient (Wildman–Crippen LogP) is 4.79. The van der Waals surface area contributed by atoms with Gasteiger partial charge in [-0.3, -0.25) is 9.69 Å². The SMILES string of the molecule is CCCCOC(=O)[C@@H](CC)N(CCCOc1ccc(OC)cc1)Cc1cccc(O)c1. The largest absolute Gasteiger partial charge is 0.508 e. The standard InChI is InChI=1S/C25H35NO5/c1-4-6-16-31-25(28)24(5-2)26(19-20-9-7-10-21(27)18-20)15-8-17-30-23-13-11-22(29-3)12-14-23/h7,9-14,18,24,27H,4-6,8,15-17,19H2,1-3H3/t24-/m1/s1. The third-order valence-corrected chi connectivity index (χ3v) is 5.06. The molecule has 0 unspecified atom stereocenters. The lowest BCUT2D eigenvalue weighted by Gasteiger charge is -2.29. The van der Waals surface area contributed by atoms with E-state index in [0.29, 0.717) is 32.7 Å². The zero-order chi connectivity index (χ0) is 22.5. The van der Waals surface area contributed by atoms with Crippen molar-refractivity contribution in [1.82, 2.24) is 4.90 Å². The average molecular weight is 430 g/mol. The Balaban J connectivity index is 1.98. The van der Waals surface area contributed by atoms with Crippen LogP contribution < -0.4 is 9.47 Å². The fourth-order valence-electron chi connectivity index (χ4n) is 3.35. The van der Waals surface area contributed by atoms with Crippen molar-refractivity contribution >= 4 is 5.97 Å². The van der Waals surface area contributed by atoms with E-state index < -0.39 is 0 Å². The van der Waals surface area contributed by atoms with E-state index in [4.69, 9.17) is 14.2 Å². The third-order valence-electron chi connectivity index (χ3n) is 5.06. The summed E-state index contributed by atoms with van der Waals surface area (Å²) in [6, 6.07) is 14.3. The Kier molecular flexibility index (Phi) is 10.7. The van der Waals surface area contributed by atoms with E-state index in [0.717, 1.165) is 36.3 Å². The number of methoxy groups -OCH3 is 1. The highest BCUT2D eigenvalue weighted by molar-refractivity contribution is 5.75. The number of rotatable bonds is 14. The van der Waals surface area contributed by atoms with Crippen molar-refractivity contribution < 1.29 is 24.1 Å². The van der Waals surface area contributed by atoms with Gasteiger partial charge < -0.3 is 19.3 Å². The predicted molar refractivity (Wildman–Crippen MR) is 122 cm³/mol. The highest BCUT2D eigenvalue weighted by atomic mass is 16.5. The summed E-state index contributed by atoms with van der Waals surface area (Å²) in [5, 5.41) is 9.81. The smallest absolute Gasteiger partial charge is 0.323 e. The number of hydrogen-bond acceptors (Lipinski definition) is 6. The lowest BCUT2D eigenvalue weighted by atomic mass is 10.1. The first-order valence-electron chi connectivity index (χ1n) is 11.0. The second-order valence-corrected chi connectivity index (χ2v) is 7.46. The van der Waals surface area contributed by atoms with Crippen molar-refractivity contribution in [2.45, 2.75) is 52.1 Å². The first-order valence-corrected chi connectivity index (χ1v) is 11.0. The van der Waals surface area contributed by atoms with Crippen molar-refractivity contribution in [3.05, 3.63) is 54.1 Å². The molecular weight excluding hydrogens is 394 g/mol. The second kappa shape index (κ2) is 13.5. The zero-order valence-electron chi connectivity index (χ0n) is 18.9. The molecule has 0 saturated heterocycles. The van der Waals surface area contributed by atoms with E-state index in [-0.39, 0.29) is 17.8 Å². The summed E-state index contributed by atoms with van der Waals surface area (Å²) in [7, 11) is 1.63. The highest BCUT2D eigenvalue weighted by Gasteiger charge is 2.25. The fourth-order valence-corrected chi connectivity index (χ4v) is 3.35. The van der Waals surface area contributed by atoms with E-state index >= 15 is 0 Å². The van der Waals surface area contributed by atoms with Crippen LogP contribution in [0.2, 0.25) is 0 Å². The van der Waals surface area contributed by atoms with E-state index in [1.54, 1.807) is 19.2 Å².